The first-order valence-corrected chi connectivity index (χ1v) is 6.25. The molecule has 2 amide bonds. The Morgan fingerprint density at radius 3 is 2.74 bits per heavy atom. The van der Waals surface area contributed by atoms with Crippen LogP contribution < -0.4 is 5.32 Å². The van der Waals surface area contributed by atoms with Crippen molar-refractivity contribution in [2.75, 3.05) is 13.1 Å². The van der Waals surface area contributed by atoms with E-state index in [4.69, 9.17) is 5.11 Å². The minimum absolute atomic E-state index is 0.159. The van der Waals surface area contributed by atoms with E-state index in [1.807, 2.05) is 0 Å². The second-order valence-corrected chi connectivity index (χ2v) is 5.12. The number of likely N-dealkylation sites (tertiary alicyclic amines) is 1. The third-order valence-electron chi connectivity index (χ3n) is 3.67. The molecule has 0 aliphatic carbocycles. The summed E-state index contributed by atoms with van der Waals surface area (Å²) in [7, 11) is 0. The Labute approximate surface area is 111 Å². The summed E-state index contributed by atoms with van der Waals surface area (Å²) in [4.78, 5) is 24.7. The molecule has 0 radical (unpaired) electrons. The fourth-order valence-electron chi connectivity index (χ4n) is 2.08. The van der Waals surface area contributed by atoms with E-state index >= 15 is 0 Å². The highest BCUT2D eigenvalue weighted by Gasteiger charge is 2.37. The van der Waals surface area contributed by atoms with E-state index in [9.17, 15) is 9.59 Å². The summed E-state index contributed by atoms with van der Waals surface area (Å²) >= 11 is 0. The fraction of sp³-hybridized carbons (Fsp3) is 0.583. The Balaban J connectivity index is 1.81. The minimum atomic E-state index is -0.786. The Kier molecular flexibility index (Phi) is 3.73. The van der Waals surface area contributed by atoms with Gasteiger partial charge in [0.25, 0.3) is 0 Å². The molecule has 1 saturated heterocycles. The maximum absolute atomic E-state index is 11.9. The van der Waals surface area contributed by atoms with E-state index in [2.05, 4.69) is 15.5 Å². The van der Waals surface area contributed by atoms with Gasteiger partial charge in [0.1, 0.15) is 0 Å². The highest BCUT2D eigenvalue weighted by atomic mass is 16.4. The molecule has 0 atom stereocenters. The van der Waals surface area contributed by atoms with Crippen molar-refractivity contribution in [1.82, 2.24) is 20.4 Å². The largest absolute Gasteiger partial charge is 0.481 e. The Bertz CT molecular complexity index is 450. The molecule has 104 valence electrons. The third kappa shape index (κ3) is 3.04. The van der Waals surface area contributed by atoms with Crippen LogP contribution in [-0.2, 0) is 11.3 Å². The van der Waals surface area contributed by atoms with Crippen molar-refractivity contribution in [3.8, 4) is 0 Å². The summed E-state index contributed by atoms with van der Waals surface area (Å²) in [5.41, 5.74) is 0.196. The average Bonchev–Trinajstić information content (AvgIpc) is 2.90. The van der Waals surface area contributed by atoms with Gasteiger partial charge in [-0.15, -0.1) is 0 Å². The summed E-state index contributed by atoms with van der Waals surface area (Å²) in [5, 5.41) is 18.4. The Morgan fingerprint density at radius 1 is 1.53 bits per heavy atom. The average molecular weight is 266 g/mol. The number of hydrogen-bond donors (Lipinski definition) is 3. The van der Waals surface area contributed by atoms with Gasteiger partial charge < -0.3 is 15.3 Å². The molecule has 1 aromatic heterocycles. The van der Waals surface area contributed by atoms with Crippen molar-refractivity contribution in [1.29, 1.82) is 0 Å². The van der Waals surface area contributed by atoms with Gasteiger partial charge in [-0.2, -0.15) is 5.10 Å². The van der Waals surface area contributed by atoms with Crippen molar-refractivity contribution >= 4 is 12.0 Å². The van der Waals surface area contributed by atoms with E-state index in [0.29, 0.717) is 32.5 Å². The number of H-pyrrole nitrogens is 1. The molecule has 2 rings (SSSR count). The van der Waals surface area contributed by atoms with E-state index < -0.39 is 11.4 Å². The number of aliphatic carboxylic acids is 1. The highest BCUT2D eigenvalue weighted by molar-refractivity contribution is 5.76. The van der Waals surface area contributed by atoms with E-state index in [0.717, 1.165) is 5.56 Å². The molecular formula is C12H18N4O3. The standard InChI is InChI=1S/C12H18N4O3/c1-12(10(17)18)2-4-16(5-3-12)11(19)13-6-9-7-14-15-8-9/h7-8H,2-6H2,1H3,(H,13,19)(H,14,15)(H,17,18). The number of rotatable bonds is 3. The van der Waals surface area contributed by atoms with Crippen LogP contribution in [0.5, 0.6) is 0 Å². The quantitative estimate of drug-likeness (QED) is 0.753. The van der Waals surface area contributed by atoms with Crippen molar-refractivity contribution in [2.24, 2.45) is 5.41 Å². The SMILES string of the molecule is CC1(C(=O)O)CCN(C(=O)NCc2cn[nH]c2)CC1. The number of carboxylic acids is 1. The first-order chi connectivity index (χ1) is 9.01. The molecule has 1 aliphatic heterocycles. The van der Waals surface area contributed by atoms with Gasteiger partial charge in [0.05, 0.1) is 11.6 Å². The molecule has 0 aromatic carbocycles. The molecule has 3 N–H and O–H groups in total. The number of urea groups is 1. The summed E-state index contributed by atoms with van der Waals surface area (Å²) < 4.78 is 0. The minimum Gasteiger partial charge on any atom is -0.481 e. The smallest absolute Gasteiger partial charge is 0.317 e. The lowest BCUT2D eigenvalue weighted by atomic mass is 9.80. The molecule has 0 saturated carbocycles. The van der Waals surface area contributed by atoms with Crippen LogP contribution in [0, 0.1) is 5.41 Å². The zero-order chi connectivity index (χ0) is 13.9. The number of aromatic nitrogens is 2. The van der Waals surface area contributed by atoms with Crippen LogP contribution in [0.2, 0.25) is 0 Å². The molecule has 2 heterocycles. The van der Waals surface area contributed by atoms with Crippen LogP contribution in [0.15, 0.2) is 12.4 Å². The van der Waals surface area contributed by atoms with Gasteiger partial charge in [0.2, 0.25) is 0 Å². The summed E-state index contributed by atoms with van der Waals surface area (Å²) in [6.07, 6.45) is 4.35. The first-order valence-electron chi connectivity index (χ1n) is 6.25. The van der Waals surface area contributed by atoms with Gasteiger partial charge in [-0.05, 0) is 19.8 Å². The van der Waals surface area contributed by atoms with Gasteiger partial charge in [-0.25, -0.2) is 4.79 Å². The number of carbonyl (C=O) groups is 2. The van der Waals surface area contributed by atoms with Crippen molar-refractivity contribution in [2.45, 2.75) is 26.3 Å². The van der Waals surface area contributed by atoms with Crippen LogP contribution in [-0.4, -0.2) is 45.3 Å². The zero-order valence-corrected chi connectivity index (χ0v) is 10.8. The summed E-state index contributed by atoms with van der Waals surface area (Å²) in [6, 6.07) is -0.159. The number of nitrogens with zero attached hydrogens (tertiary/aromatic N) is 2. The zero-order valence-electron chi connectivity index (χ0n) is 10.8. The Hall–Kier alpha value is -2.05. The molecule has 7 nitrogen and oxygen atoms in total. The first kappa shape index (κ1) is 13.4. The van der Waals surface area contributed by atoms with Crippen LogP contribution in [0.3, 0.4) is 0 Å². The molecule has 7 heteroatoms. The maximum atomic E-state index is 11.9. The number of carbonyl (C=O) groups excluding carboxylic acids is 1. The molecule has 1 fully saturated rings. The second-order valence-electron chi connectivity index (χ2n) is 5.12. The van der Waals surface area contributed by atoms with E-state index in [-0.39, 0.29) is 6.03 Å². The number of amides is 2. The number of nitrogens with one attached hydrogen (secondary N) is 2. The lowest BCUT2D eigenvalue weighted by molar-refractivity contribution is -0.150. The lowest BCUT2D eigenvalue weighted by Gasteiger charge is -2.36. The number of carboxylic acid groups (broad SMARTS) is 1. The van der Waals surface area contributed by atoms with Gasteiger partial charge in [0, 0.05) is 31.4 Å². The molecular weight excluding hydrogens is 248 g/mol. The predicted molar refractivity (Wildman–Crippen MR) is 67.4 cm³/mol. The summed E-state index contributed by atoms with van der Waals surface area (Å²) in [6.45, 7) is 3.10. The van der Waals surface area contributed by atoms with Crippen LogP contribution in [0.4, 0.5) is 4.79 Å². The van der Waals surface area contributed by atoms with Crippen LogP contribution in [0.1, 0.15) is 25.3 Å². The topological polar surface area (TPSA) is 98.3 Å². The lowest BCUT2D eigenvalue weighted by Crippen LogP contribution is -2.48. The normalized spacial score (nSPS) is 18.1. The van der Waals surface area contributed by atoms with Crippen molar-refractivity contribution in [3.05, 3.63) is 18.0 Å². The van der Waals surface area contributed by atoms with Crippen molar-refractivity contribution in [3.63, 3.8) is 0 Å². The number of aromatic amines is 1. The maximum Gasteiger partial charge on any atom is 0.317 e. The number of piperidine rings is 1. The molecule has 0 spiro atoms. The molecule has 0 bridgehead atoms. The van der Waals surface area contributed by atoms with E-state index in [1.54, 1.807) is 24.2 Å². The van der Waals surface area contributed by atoms with Gasteiger partial charge in [-0.3, -0.25) is 9.89 Å². The van der Waals surface area contributed by atoms with Crippen LogP contribution >= 0.6 is 0 Å². The highest BCUT2D eigenvalue weighted by Crippen LogP contribution is 2.30. The predicted octanol–water partition coefficient (Wildman–Crippen LogP) is 0.806. The molecule has 0 unspecified atom stereocenters. The second kappa shape index (κ2) is 5.29. The van der Waals surface area contributed by atoms with Gasteiger partial charge in [-0.1, -0.05) is 0 Å². The fourth-order valence-corrected chi connectivity index (χ4v) is 2.08. The monoisotopic (exact) mass is 266 g/mol. The van der Waals surface area contributed by atoms with Crippen molar-refractivity contribution < 1.29 is 14.7 Å². The summed E-state index contributed by atoms with van der Waals surface area (Å²) in [5.74, 6) is -0.786. The molecule has 19 heavy (non-hydrogen) atoms. The van der Waals surface area contributed by atoms with Gasteiger partial charge >= 0.3 is 12.0 Å². The Morgan fingerprint density at radius 2 is 2.21 bits per heavy atom. The molecule has 1 aliphatic rings. The molecule has 1 aromatic rings. The van der Waals surface area contributed by atoms with E-state index in [1.165, 1.54) is 0 Å². The number of hydrogen-bond acceptors (Lipinski definition) is 3. The van der Waals surface area contributed by atoms with Crippen LogP contribution in [0.25, 0.3) is 0 Å². The third-order valence-corrected chi connectivity index (χ3v) is 3.67. The van der Waals surface area contributed by atoms with Gasteiger partial charge in [0.15, 0.2) is 0 Å².